The van der Waals surface area contributed by atoms with Crippen molar-refractivity contribution in [2.24, 2.45) is 0 Å². The highest BCUT2D eigenvalue weighted by atomic mass is 32.1. The van der Waals surface area contributed by atoms with E-state index >= 15 is 0 Å². The molecule has 6 heteroatoms. The molecule has 1 amide bonds. The van der Waals surface area contributed by atoms with Crippen molar-refractivity contribution in [3.05, 3.63) is 114 Å². The van der Waals surface area contributed by atoms with E-state index in [4.69, 9.17) is 9.47 Å². The second-order valence-corrected chi connectivity index (χ2v) is 8.32. The lowest BCUT2D eigenvalue weighted by molar-refractivity contribution is 0.102. The molecule has 0 fully saturated rings. The van der Waals surface area contributed by atoms with Crippen molar-refractivity contribution in [2.45, 2.75) is 6.61 Å². The number of thiazole rings is 1. The van der Waals surface area contributed by atoms with Crippen LogP contribution < -0.4 is 14.8 Å². The summed E-state index contributed by atoms with van der Waals surface area (Å²) in [6, 6.07) is 32.3. The van der Waals surface area contributed by atoms with Gasteiger partial charge in [-0.25, -0.2) is 4.98 Å². The number of nitrogens with one attached hydrogen (secondary N) is 1. The van der Waals surface area contributed by atoms with Crippen molar-refractivity contribution >= 4 is 32.6 Å². The van der Waals surface area contributed by atoms with Crippen molar-refractivity contribution in [2.75, 3.05) is 5.32 Å². The van der Waals surface area contributed by atoms with Gasteiger partial charge in [0.25, 0.3) is 5.91 Å². The van der Waals surface area contributed by atoms with Gasteiger partial charge in [0.2, 0.25) is 0 Å². The normalized spacial score (nSPS) is 10.7. The van der Waals surface area contributed by atoms with E-state index in [0.29, 0.717) is 23.1 Å². The van der Waals surface area contributed by atoms with Gasteiger partial charge in [-0.2, -0.15) is 0 Å². The van der Waals surface area contributed by atoms with E-state index in [0.717, 1.165) is 27.3 Å². The van der Waals surface area contributed by atoms with Gasteiger partial charge < -0.3 is 9.47 Å². The second-order valence-electron chi connectivity index (χ2n) is 7.29. The predicted molar refractivity (Wildman–Crippen MR) is 131 cm³/mol. The molecule has 0 unspecified atom stereocenters. The van der Waals surface area contributed by atoms with Gasteiger partial charge in [0.15, 0.2) is 5.13 Å². The van der Waals surface area contributed by atoms with Crippen molar-refractivity contribution in [1.82, 2.24) is 4.98 Å². The van der Waals surface area contributed by atoms with Crippen LogP contribution in [0.5, 0.6) is 17.2 Å². The van der Waals surface area contributed by atoms with Gasteiger partial charge in [-0.1, -0.05) is 72.0 Å². The van der Waals surface area contributed by atoms with Crippen LogP contribution in [0.1, 0.15) is 15.9 Å². The fraction of sp³-hybridized carbons (Fsp3) is 0.0370. The first-order valence-electron chi connectivity index (χ1n) is 10.5. The molecule has 33 heavy (non-hydrogen) atoms. The third-order valence-corrected chi connectivity index (χ3v) is 5.86. The van der Waals surface area contributed by atoms with Gasteiger partial charge in [-0.15, -0.1) is 0 Å². The minimum absolute atomic E-state index is 0.265. The van der Waals surface area contributed by atoms with E-state index < -0.39 is 0 Å². The number of hydrogen-bond donors (Lipinski definition) is 1. The number of carbonyl (C=O) groups excluding carboxylic acids is 1. The number of para-hydroxylation sites is 2. The Hall–Kier alpha value is -4.16. The number of carbonyl (C=O) groups is 1. The van der Waals surface area contributed by atoms with Gasteiger partial charge in [-0.3, -0.25) is 10.1 Å². The van der Waals surface area contributed by atoms with Gasteiger partial charge in [0, 0.05) is 6.07 Å². The molecule has 1 N–H and O–H groups in total. The molecule has 5 rings (SSSR count). The molecule has 5 nitrogen and oxygen atoms in total. The quantitative estimate of drug-likeness (QED) is 0.291. The molecule has 0 aliphatic rings. The Bertz CT molecular complexity index is 1380. The van der Waals surface area contributed by atoms with E-state index in [1.807, 2.05) is 91.0 Å². The molecule has 0 saturated carbocycles. The maximum atomic E-state index is 13.0. The summed E-state index contributed by atoms with van der Waals surface area (Å²) in [6.07, 6.45) is 0. The molecule has 0 spiro atoms. The molecule has 1 aromatic heterocycles. The Kier molecular flexibility index (Phi) is 5.99. The van der Waals surface area contributed by atoms with Crippen LogP contribution in [0.3, 0.4) is 0 Å². The number of anilines is 1. The van der Waals surface area contributed by atoms with Crippen LogP contribution in [-0.2, 0) is 6.61 Å². The lowest BCUT2D eigenvalue weighted by atomic mass is 10.2. The molecule has 0 saturated heterocycles. The molecule has 0 atom stereocenters. The first kappa shape index (κ1) is 20.7. The monoisotopic (exact) mass is 452 g/mol. The Morgan fingerprint density at radius 2 is 1.55 bits per heavy atom. The highest BCUT2D eigenvalue weighted by Crippen LogP contribution is 2.32. The van der Waals surface area contributed by atoms with Gasteiger partial charge in [0.1, 0.15) is 23.9 Å². The van der Waals surface area contributed by atoms with E-state index in [9.17, 15) is 4.79 Å². The molecule has 0 aliphatic heterocycles. The fourth-order valence-corrected chi connectivity index (χ4v) is 4.22. The number of nitrogens with zero attached hydrogens (tertiary/aromatic N) is 1. The van der Waals surface area contributed by atoms with Gasteiger partial charge >= 0.3 is 0 Å². The second kappa shape index (κ2) is 9.54. The van der Waals surface area contributed by atoms with E-state index in [-0.39, 0.29) is 5.91 Å². The maximum Gasteiger partial charge on any atom is 0.261 e. The maximum absolute atomic E-state index is 13.0. The molecule has 5 aromatic rings. The van der Waals surface area contributed by atoms with Crippen LogP contribution in [0.4, 0.5) is 5.13 Å². The van der Waals surface area contributed by atoms with Crippen molar-refractivity contribution in [3.63, 3.8) is 0 Å². The highest BCUT2D eigenvalue weighted by molar-refractivity contribution is 7.22. The van der Waals surface area contributed by atoms with Crippen LogP contribution in [0.2, 0.25) is 0 Å². The third kappa shape index (κ3) is 5.02. The summed E-state index contributed by atoms with van der Waals surface area (Å²) >= 11 is 1.40. The van der Waals surface area contributed by atoms with Crippen molar-refractivity contribution in [1.29, 1.82) is 0 Å². The zero-order chi connectivity index (χ0) is 22.5. The molecule has 0 bridgehead atoms. The molecule has 1 heterocycles. The van der Waals surface area contributed by atoms with Gasteiger partial charge in [-0.05, 0) is 42.0 Å². The standard InChI is InChI=1S/C27H20N2O3S/c30-26(22-13-7-8-14-24(22)31-18-19-9-3-1-4-10-19)29-27-28-23-16-15-21(17-25(23)33-27)32-20-11-5-2-6-12-20/h1-17H,18H2,(H,28,29,30). The zero-order valence-electron chi connectivity index (χ0n) is 17.6. The van der Waals surface area contributed by atoms with Crippen LogP contribution >= 0.6 is 11.3 Å². The minimum Gasteiger partial charge on any atom is -0.488 e. The first-order chi connectivity index (χ1) is 16.2. The Balaban J connectivity index is 1.31. The SMILES string of the molecule is O=C(Nc1nc2ccc(Oc3ccccc3)cc2s1)c1ccccc1OCc1ccccc1. The van der Waals surface area contributed by atoms with Crippen LogP contribution in [-0.4, -0.2) is 10.9 Å². The number of benzene rings is 4. The van der Waals surface area contributed by atoms with Crippen LogP contribution in [0, 0.1) is 0 Å². The van der Waals surface area contributed by atoms with Crippen molar-refractivity contribution in [3.8, 4) is 17.2 Å². The Morgan fingerprint density at radius 3 is 2.36 bits per heavy atom. The summed E-state index contributed by atoms with van der Waals surface area (Å²) in [5, 5.41) is 3.42. The molecular weight excluding hydrogens is 432 g/mol. The Labute approximate surface area is 195 Å². The summed E-state index contributed by atoms with van der Waals surface area (Å²) in [4.78, 5) is 17.5. The number of aromatic nitrogens is 1. The predicted octanol–water partition coefficient (Wildman–Crippen LogP) is 6.92. The average Bonchev–Trinajstić information content (AvgIpc) is 3.25. The molecular formula is C27H20N2O3S. The zero-order valence-corrected chi connectivity index (χ0v) is 18.4. The summed E-state index contributed by atoms with van der Waals surface area (Å²) < 4.78 is 12.7. The minimum atomic E-state index is -0.265. The fourth-order valence-electron chi connectivity index (χ4n) is 3.33. The number of rotatable bonds is 7. The van der Waals surface area contributed by atoms with E-state index in [2.05, 4.69) is 10.3 Å². The first-order valence-corrected chi connectivity index (χ1v) is 11.3. The Morgan fingerprint density at radius 1 is 0.818 bits per heavy atom. The largest absolute Gasteiger partial charge is 0.488 e. The lowest BCUT2D eigenvalue weighted by Gasteiger charge is -2.11. The van der Waals surface area contributed by atoms with Crippen LogP contribution in [0.25, 0.3) is 10.2 Å². The summed E-state index contributed by atoms with van der Waals surface area (Å²) in [7, 11) is 0. The third-order valence-electron chi connectivity index (χ3n) is 4.93. The number of fused-ring (bicyclic) bond motifs is 1. The lowest BCUT2D eigenvalue weighted by Crippen LogP contribution is -2.13. The topological polar surface area (TPSA) is 60.5 Å². The average molecular weight is 453 g/mol. The smallest absolute Gasteiger partial charge is 0.261 e. The molecule has 0 radical (unpaired) electrons. The highest BCUT2D eigenvalue weighted by Gasteiger charge is 2.15. The molecule has 162 valence electrons. The van der Waals surface area contributed by atoms with E-state index in [1.54, 1.807) is 12.1 Å². The van der Waals surface area contributed by atoms with E-state index in [1.165, 1.54) is 11.3 Å². The number of ether oxygens (including phenoxy) is 2. The number of amides is 1. The summed E-state index contributed by atoms with van der Waals surface area (Å²) in [5.41, 5.74) is 2.29. The summed E-state index contributed by atoms with van der Waals surface area (Å²) in [6.45, 7) is 0.385. The molecule has 4 aromatic carbocycles. The van der Waals surface area contributed by atoms with Crippen molar-refractivity contribution < 1.29 is 14.3 Å². The van der Waals surface area contributed by atoms with Gasteiger partial charge in [0.05, 0.1) is 15.8 Å². The van der Waals surface area contributed by atoms with Crippen LogP contribution in [0.15, 0.2) is 103 Å². The number of hydrogen-bond acceptors (Lipinski definition) is 5. The molecule has 0 aliphatic carbocycles. The summed E-state index contributed by atoms with van der Waals surface area (Å²) in [5.74, 6) is 1.74.